The number of carboxylic acids is 1. The van der Waals surface area contributed by atoms with Gasteiger partial charge in [0.1, 0.15) is 5.82 Å². The van der Waals surface area contributed by atoms with Crippen LogP contribution >= 0.6 is 0 Å². The molecule has 1 aromatic rings. The van der Waals surface area contributed by atoms with Gasteiger partial charge in [0.2, 0.25) is 0 Å². The highest BCUT2D eigenvalue weighted by molar-refractivity contribution is 5.73. The Morgan fingerprint density at radius 1 is 1.83 bits per heavy atom. The summed E-state index contributed by atoms with van der Waals surface area (Å²) in [5.74, 6) is -0.0323. The molecule has 5 nitrogen and oxygen atoms in total. The molecule has 2 rings (SSSR count). The third-order valence-electron chi connectivity index (χ3n) is 1.97. The monoisotopic (exact) mass is 167 g/mol. The summed E-state index contributed by atoms with van der Waals surface area (Å²) in [6.45, 7) is 0.697. The Morgan fingerprint density at radius 3 is 3.42 bits per heavy atom. The van der Waals surface area contributed by atoms with E-state index < -0.39 is 12.0 Å². The summed E-state index contributed by atoms with van der Waals surface area (Å²) in [4.78, 5) is 10.7. The van der Waals surface area contributed by atoms with Gasteiger partial charge in [-0.15, -0.1) is 0 Å². The van der Waals surface area contributed by atoms with Crippen LogP contribution in [0.15, 0.2) is 12.3 Å². The molecule has 0 fully saturated rings. The molecule has 1 aliphatic rings. The van der Waals surface area contributed by atoms with Crippen LogP contribution < -0.4 is 5.32 Å². The number of anilines is 1. The van der Waals surface area contributed by atoms with E-state index in [9.17, 15) is 4.79 Å². The first-order chi connectivity index (χ1) is 5.79. The van der Waals surface area contributed by atoms with Gasteiger partial charge in [0.15, 0.2) is 6.04 Å². The lowest BCUT2D eigenvalue weighted by atomic mass is 10.2. The molecule has 64 valence electrons. The quantitative estimate of drug-likeness (QED) is 0.632. The Labute approximate surface area is 69.0 Å². The largest absolute Gasteiger partial charge is 0.480 e. The topological polar surface area (TPSA) is 67.2 Å². The van der Waals surface area contributed by atoms with E-state index >= 15 is 0 Å². The van der Waals surface area contributed by atoms with Crippen molar-refractivity contribution in [3.63, 3.8) is 0 Å². The lowest BCUT2D eigenvalue weighted by Crippen LogP contribution is -2.28. The summed E-state index contributed by atoms with van der Waals surface area (Å²) >= 11 is 0. The van der Waals surface area contributed by atoms with Crippen molar-refractivity contribution in [3.8, 4) is 0 Å². The summed E-state index contributed by atoms with van der Waals surface area (Å²) in [6, 6.07) is 1.27. The van der Waals surface area contributed by atoms with E-state index in [1.54, 1.807) is 12.3 Å². The summed E-state index contributed by atoms with van der Waals surface area (Å²) in [7, 11) is 0. The predicted molar refractivity (Wildman–Crippen MR) is 42.0 cm³/mol. The van der Waals surface area contributed by atoms with E-state index in [0.29, 0.717) is 13.0 Å². The van der Waals surface area contributed by atoms with Crippen LogP contribution in [0.3, 0.4) is 0 Å². The highest BCUT2D eigenvalue weighted by atomic mass is 16.4. The van der Waals surface area contributed by atoms with Gasteiger partial charge in [0, 0.05) is 12.6 Å². The van der Waals surface area contributed by atoms with E-state index in [0.717, 1.165) is 5.82 Å². The number of nitrogens with zero attached hydrogens (tertiary/aromatic N) is 2. The van der Waals surface area contributed by atoms with Crippen LogP contribution in [0, 0.1) is 0 Å². The summed E-state index contributed by atoms with van der Waals surface area (Å²) in [6.07, 6.45) is 2.19. The maximum atomic E-state index is 10.7. The van der Waals surface area contributed by atoms with Crippen LogP contribution in [0.4, 0.5) is 5.82 Å². The van der Waals surface area contributed by atoms with Crippen molar-refractivity contribution in [1.82, 2.24) is 9.78 Å². The highest BCUT2D eigenvalue weighted by Gasteiger charge is 2.25. The van der Waals surface area contributed by atoms with E-state index in [-0.39, 0.29) is 0 Å². The lowest BCUT2D eigenvalue weighted by Gasteiger charge is -2.21. The maximum absolute atomic E-state index is 10.7. The second-order valence-electron chi connectivity index (χ2n) is 2.73. The van der Waals surface area contributed by atoms with E-state index in [1.807, 2.05) is 0 Å². The number of aromatic nitrogens is 2. The van der Waals surface area contributed by atoms with Crippen molar-refractivity contribution in [2.75, 3.05) is 11.9 Å². The first kappa shape index (κ1) is 7.15. The zero-order chi connectivity index (χ0) is 8.55. The van der Waals surface area contributed by atoms with Crippen LogP contribution in [0.25, 0.3) is 0 Å². The molecule has 0 amide bonds. The zero-order valence-corrected chi connectivity index (χ0v) is 6.40. The average molecular weight is 167 g/mol. The smallest absolute Gasteiger partial charge is 0.328 e. The number of fused-ring (bicyclic) bond motifs is 1. The molecule has 0 radical (unpaired) electrons. The van der Waals surface area contributed by atoms with E-state index in [4.69, 9.17) is 5.11 Å². The molecule has 2 heterocycles. The Bertz CT molecular complexity index is 307. The van der Waals surface area contributed by atoms with Crippen LogP contribution in [0.5, 0.6) is 0 Å². The van der Waals surface area contributed by atoms with Gasteiger partial charge in [-0.3, -0.25) is 0 Å². The van der Waals surface area contributed by atoms with Gasteiger partial charge in [-0.05, 0) is 6.42 Å². The van der Waals surface area contributed by atoms with Crippen molar-refractivity contribution in [2.24, 2.45) is 0 Å². The Hall–Kier alpha value is -1.52. The highest BCUT2D eigenvalue weighted by Crippen LogP contribution is 2.21. The molecule has 0 spiro atoms. The summed E-state index contributed by atoms with van der Waals surface area (Å²) in [5.41, 5.74) is 0. The lowest BCUT2D eigenvalue weighted by molar-refractivity contribution is -0.141. The van der Waals surface area contributed by atoms with Crippen molar-refractivity contribution in [2.45, 2.75) is 12.5 Å². The maximum Gasteiger partial charge on any atom is 0.328 e. The molecular weight excluding hydrogens is 158 g/mol. The Balaban J connectivity index is 2.37. The molecule has 1 atom stereocenters. The summed E-state index contributed by atoms with van der Waals surface area (Å²) in [5, 5.41) is 15.8. The molecular formula is C7H9N3O2. The second kappa shape index (κ2) is 2.51. The van der Waals surface area contributed by atoms with Gasteiger partial charge in [-0.25, -0.2) is 9.48 Å². The minimum atomic E-state index is -0.818. The van der Waals surface area contributed by atoms with Crippen LogP contribution in [-0.2, 0) is 4.79 Å². The normalized spacial score (nSPS) is 21.2. The molecule has 1 aromatic heterocycles. The van der Waals surface area contributed by atoms with Gasteiger partial charge in [-0.1, -0.05) is 0 Å². The van der Waals surface area contributed by atoms with Gasteiger partial charge in [-0.2, -0.15) is 5.10 Å². The zero-order valence-electron chi connectivity index (χ0n) is 6.40. The van der Waals surface area contributed by atoms with Crippen LogP contribution in [0.2, 0.25) is 0 Å². The number of hydrogen-bond acceptors (Lipinski definition) is 3. The van der Waals surface area contributed by atoms with Gasteiger partial charge in [0.25, 0.3) is 0 Å². The minimum Gasteiger partial charge on any atom is -0.480 e. The number of hydrogen-bond donors (Lipinski definition) is 2. The van der Waals surface area contributed by atoms with Crippen molar-refractivity contribution < 1.29 is 9.90 Å². The van der Waals surface area contributed by atoms with Crippen molar-refractivity contribution >= 4 is 11.8 Å². The minimum absolute atomic E-state index is 0.503. The third-order valence-corrected chi connectivity index (χ3v) is 1.97. The van der Waals surface area contributed by atoms with E-state index in [2.05, 4.69) is 10.4 Å². The van der Waals surface area contributed by atoms with Gasteiger partial charge in [0.05, 0.1) is 6.20 Å². The number of carbonyl (C=O) groups is 1. The molecule has 0 aliphatic carbocycles. The molecule has 0 saturated heterocycles. The van der Waals surface area contributed by atoms with Crippen LogP contribution in [0.1, 0.15) is 12.5 Å². The molecule has 2 N–H and O–H groups in total. The molecule has 1 unspecified atom stereocenters. The fourth-order valence-electron chi connectivity index (χ4n) is 1.39. The molecule has 5 heteroatoms. The first-order valence-electron chi connectivity index (χ1n) is 3.79. The van der Waals surface area contributed by atoms with E-state index in [1.165, 1.54) is 4.68 Å². The van der Waals surface area contributed by atoms with Crippen molar-refractivity contribution in [1.29, 1.82) is 0 Å². The average Bonchev–Trinajstić information content (AvgIpc) is 2.49. The molecule has 12 heavy (non-hydrogen) atoms. The predicted octanol–water partition coefficient (Wildman–Crippen LogP) is 0.324. The Kier molecular flexibility index (Phi) is 1.49. The number of carboxylic acid groups (broad SMARTS) is 1. The second-order valence-corrected chi connectivity index (χ2v) is 2.73. The fraction of sp³-hybridized carbons (Fsp3) is 0.429. The molecule has 0 saturated carbocycles. The van der Waals surface area contributed by atoms with Crippen molar-refractivity contribution in [3.05, 3.63) is 12.3 Å². The number of rotatable bonds is 1. The number of aliphatic carboxylic acids is 1. The van der Waals surface area contributed by atoms with Gasteiger partial charge < -0.3 is 10.4 Å². The number of nitrogens with one attached hydrogen (secondary N) is 1. The molecule has 0 bridgehead atoms. The Morgan fingerprint density at radius 2 is 2.67 bits per heavy atom. The third kappa shape index (κ3) is 0.939. The molecule has 1 aliphatic heterocycles. The standard InChI is InChI=1S/C7H9N3O2/c11-7(12)5-1-3-8-6-2-4-9-10(5)6/h2,4-5,8H,1,3H2,(H,11,12). The summed E-state index contributed by atoms with van der Waals surface area (Å²) < 4.78 is 1.51. The fourth-order valence-corrected chi connectivity index (χ4v) is 1.39. The molecule has 0 aromatic carbocycles. The van der Waals surface area contributed by atoms with Crippen LogP contribution in [-0.4, -0.2) is 27.4 Å². The first-order valence-corrected chi connectivity index (χ1v) is 3.79. The SMILES string of the molecule is O=C(O)C1CCNc2ccnn21. The van der Waals surface area contributed by atoms with Gasteiger partial charge >= 0.3 is 5.97 Å².